The normalized spacial score (nSPS) is 26.9. The van der Waals surface area contributed by atoms with Crippen LogP contribution in [0.1, 0.15) is 20.8 Å². The van der Waals surface area contributed by atoms with Gasteiger partial charge in [-0.1, -0.05) is 0 Å². The Morgan fingerprint density at radius 3 is 2.55 bits per heavy atom. The average Bonchev–Trinajstić information content (AvgIpc) is 2.31. The molecule has 1 fully saturated rings. The molecule has 1 heterocycles. The maximum absolute atomic E-state index is 8.79. The molecule has 1 atom stereocenters. The lowest BCUT2D eigenvalue weighted by atomic mass is 10.1. The third-order valence-corrected chi connectivity index (χ3v) is 2.91. The summed E-state index contributed by atoms with van der Waals surface area (Å²) < 4.78 is 0. The van der Waals surface area contributed by atoms with Crippen molar-refractivity contribution in [2.24, 2.45) is 0 Å². The third kappa shape index (κ3) is 1.88. The molecule has 62 valence electrons. The Bertz CT molecular complexity index is 178. The van der Waals surface area contributed by atoms with Crippen molar-refractivity contribution >= 4 is 11.8 Å². The molecule has 0 aromatic rings. The largest absolute Gasteiger partial charge is 0.273 e. The van der Waals surface area contributed by atoms with E-state index in [1.807, 2.05) is 11.8 Å². The van der Waals surface area contributed by atoms with Crippen LogP contribution in [-0.4, -0.2) is 28.1 Å². The van der Waals surface area contributed by atoms with Crippen molar-refractivity contribution in [1.82, 2.24) is 4.90 Å². The van der Waals surface area contributed by atoms with Crippen molar-refractivity contribution in [2.45, 2.75) is 32.4 Å². The third-order valence-electron chi connectivity index (χ3n) is 1.89. The van der Waals surface area contributed by atoms with Gasteiger partial charge in [0.25, 0.3) is 0 Å². The van der Waals surface area contributed by atoms with Gasteiger partial charge in [0.2, 0.25) is 0 Å². The van der Waals surface area contributed by atoms with Crippen LogP contribution >= 0.6 is 11.8 Å². The van der Waals surface area contributed by atoms with E-state index in [9.17, 15) is 0 Å². The zero-order chi connectivity index (χ0) is 8.48. The standard InChI is InChI=1S/C8H14N2S/c1-8(2,3)10-6-11-5-7(10)4-9/h7H,5-6H2,1-3H3/t7-/m1/s1. The highest BCUT2D eigenvalue weighted by atomic mass is 32.2. The molecule has 0 spiro atoms. The van der Waals surface area contributed by atoms with E-state index in [1.54, 1.807) is 0 Å². The van der Waals surface area contributed by atoms with E-state index in [0.29, 0.717) is 0 Å². The van der Waals surface area contributed by atoms with Crippen LogP contribution < -0.4 is 0 Å². The first-order valence-electron chi connectivity index (χ1n) is 3.80. The maximum Gasteiger partial charge on any atom is 0.108 e. The fourth-order valence-electron chi connectivity index (χ4n) is 1.21. The highest BCUT2D eigenvalue weighted by Crippen LogP contribution is 2.27. The number of rotatable bonds is 0. The van der Waals surface area contributed by atoms with Crippen molar-refractivity contribution in [1.29, 1.82) is 5.26 Å². The van der Waals surface area contributed by atoms with Crippen LogP contribution in [0, 0.1) is 11.3 Å². The second-order valence-corrected chi connectivity index (χ2v) is 4.79. The molecule has 0 saturated carbocycles. The van der Waals surface area contributed by atoms with Gasteiger partial charge in [-0.05, 0) is 20.8 Å². The molecule has 0 amide bonds. The van der Waals surface area contributed by atoms with E-state index in [-0.39, 0.29) is 11.6 Å². The maximum atomic E-state index is 8.79. The molecular formula is C8H14N2S. The van der Waals surface area contributed by atoms with Crippen LogP contribution in [0.2, 0.25) is 0 Å². The molecule has 1 saturated heterocycles. The highest BCUT2D eigenvalue weighted by Gasteiger charge is 2.32. The van der Waals surface area contributed by atoms with Gasteiger partial charge in [-0.15, -0.1) is 11.8 Å². The first kappa shape index (κ1) is 8.89. The number of thioether (sulfide) groups is 1. The predicted octanol–water partition coefficient (Wildman–Crippen LogP) is 1.68. The number of hydrogen-bond donors (Lipinski definition) is 0. The topological polar surface area (TPSA) is 27.0 Å². The molecule has 0 N–H and O–H groups in total. The molecule has 1 aliphatic rings. The molecule has 0 unspecified atom stereocenters. The van der Waals surface area contributed by atoms with Crippen LogP contribution in [-0.2, 0) is 0 Å². The van der Waals surface area contributed by atoms with Gasteiger partial charge in [-0.25, -0.2) is 0 Å². The van der Waals surface area contributed by atoms with Gasteiger partial charge in [0.1, 0.15) is 6.04 Å². The fourth-order valence-corrected chi connectivity index (χ4v) is 2.56. The molecule has 1 aliphatic heterocycles. The SMILES string of the molecule is CC(C)(C)N1CSC[C@H]1C#N. The van der Waals surface area contributed by atoms with E-state index >= 15 is 0 Å². The highest BCUT2D eigenvalue weighted by molar-refractivity contribution is 7.99. The Balaban J connectivity index is 2.66. The molecule has 0 bridgehead atoms. The monoisotopic (exact) mass is 170 g/mol. The first-order chi connectivity index (χ1) is 5.05. The summed E-state index contributed by atoms with van der Waals surface area (Å²) in [4.78, 5) is 2.25. The van der Waals surface area contributed by atoms with E-state index < -0.39 is 0 Å². The summed E-state index contributed by atoms with van der Waals surface area (Å²) in [7, 11) is 0. The van der Waals surface area contributed by atoms with E-state index in [0.717, 1.165) is 11.6 Å². The summed E-state index contributed by atoms with van der Waals surface area (Å²) in [6.45, 7) is 6.47. The minimum atomic E-state index is 0.125. The summed E-state index contributed by atoms with van der Waals surface area (Å²) in [5, 5.41) is 8.79. The van der Waals surface area contributed by atoms with Gasteiger partial charge in [0.15, 0.2) is 0 Å². The molecule has 0 aromatic carbocycles. The second-order valence-electron chi connectivity index (χ2n) is 3.79. The van der Waals surface area contributed by atoms with E-state index in [2.05, 4.69) is 31.7 Å². The minimum absolute atomic E-state index is 0.125. The summed E-state index contributed by atoms with van der Waals surface area (Å²) in [5.74, 6) is 1.97. The van der Waals surface area contributed by atoms with Gasteiger partial charge in [-0.2, -0.15) is 5.26 Å². The molecular weight excluding hydrogens is 156 g/mol. The van der Waals surface area contributed by atoms with Gasteiger partial charge < -0.3 is 0 Å². The van der Waals surface area contributed by atoms with Crippen molar-refractivity contribution < 1.29 is 0 Å². The van der Waals surface area contributed by atoms with Crippen molar-refractivity contribution in [3.05, 3.63) is 0 Å². The Morgan fingerprint density at radius 2 is 2.18 bits per heavy atom. The average molecular weight is 170 g/mol. The lowest BCUT2D eigenvalue weighted by Gasteiger charge is -2.33. The minimum Gasteiger partial charge on any atom is -0.273 e. The van der Waals surface area contributed by atoms with Crippen molar-refractivity contribution in [2.75, 3.05) is 11.6 Å². The smallest absolute Gasteiger partial charge is 0.108 e. The lowest BCUT2D eigenvalue weighted by molar-refractivity contribution is 0.156. The summed E-state index contributed by atoms with van der Waals surface area (Å²) in [5.41, 5.74) is 0.143. The predicted molar refractivity (Wildman–Crippen MR) is 48.3 cm³/mol. The Morgan fingerprint density at radius 1 is 1.55 bits per heavy atom. The van der Waals surface area contributed by atoms with Gasteiger partial charge in [0, 0.05) is 17.2 Å². The van der Waals surface area contributed by atoms with Crippen molar-refractivity contribution in [3.63, 3.8) is 0 Å². The lowest BCUT2D eigenvalue weighted by Crippen LogP contribution is -2.44. The molecule has 2 nitrogen and oxygen atoms in total. The zero-order valence-electron chi connectivity index (χ0n) is 7.29. The van der Waals surface area contributed by atoms with Gasteiger partial charge in [-0.3, -0.25) is 4.90 Å². The van der Waals surface area contributed by atoms with E-state index in [4.69, 9.17) is 5.26 Å². The molecule has 3 heteroatoms. The molecule has 0 aromatic heterocycles. The number of nitriles is 1. The summed E-state index contributed by atoms with van der Waals surface area (Å²) >= 11 is 1.85. The second kappa shape index (κ2) is 3.04. The fraction of sp³-hybridized carbons (Fsp3) is 0.875. The van der Waals surface area contributed by atoms with Crippen LogP contribution in [0.3, 0.4) is 0 Å². The van der Waals surface area contributed by atoms with Crippen LogP contribution in [0.25, 0.3) is 0 Å². The first-order valence-corrected chi connectivity index (χ1v) is 4.95. The van der Waals surface area contributed by atoms with Gasteiger partial charge >= 0.3 is 0 Å². The Hall–Kier alpha value is -0.200. The number of nitrogens with zero attached hydrogens (tertiary/aromatic N) is 2. The molecule has 1 rings (SSSR count). The van der Waals surface area contributed by atoms with Crippen molar-refractivity contribution in [3.8, 4) is 6.07 Å². The molecule has 0 radical (unpaired) electrons. The summed E-state index contributed by atoms with van der Waals surface area (Å²) in [6.07, 6.45) is 0. The Labute approximate surface area is 72.6 Å². The van der Waals surface area contributed by atoms with Gasteiger partial charge in [0.05, 0.1) is 6.07 Å². The quantitative estimate of drug-likeness (QED) is 0.553. The Kier molecular flexibility index (Phi) is 2.46. The summed E-state index contributed by atoms with van der Waals surface area (Å²) in [6, 6.07) is 2.45. The van der Waals surface area contributed by atoms with Crippen LogP contribution in [0.5, 0.6) is 0 Å². The molecule has 0 aliphatic carbocycles. The van der Waals surface area contributed by atoms with E-state index in [1.165, 1.54) is 0 Å². The number of hydrogen-bond acceptors (Lipinski definition) is 3. The van der Waals surface area contributed by atoms with Crippen LogP contribution in [0.4, 0.5) is 0 Å². The zero-order valence-corrected chi connectivity index (χ0v) is 8.11. The molecule has 11 heavy (non-hydrogen) atoms. The van der Waals surface area contributed by atoms with Crippen LogP contribution in [0.15, 0.2) is 0 Å².